The summed E-state index contributed by atoms with van der Waals surface area (Å²) < 4.78 is 4.92. The van der Waals surface area contributed by atoms with Crippen molar-refractivity contribution < 1.29 is 9.84 Å². The summed E-state index contributed by atoms with van der Waals surface area (Å²) in [6, 6.07) is 0.300. The lowest BCUT2D eigenvalue weighted by Gasteiger charge is -2.28. The van der Waals surface area contributed by atoms with Crippen molar-refractivity contribution in [2.24, 2.45) is 0 Å². The van der Waals surface area contributed by atoms with Crippen molar-refractivity contribution >= 4 is 0 Å². The molecule has 72 valence electrons. The third kappa shape index (κ3) is 3.09. The van der Waals surface area contributed by atoms with Gasteiger partial charge in [0.1, 0.15) is 0 Å². The SMILES string of the molecule is COCCN[C@@H]1CCCC[C@H]1O. The molecule has 12 heavy (non-hydrogen) atoms. The fourth-order valence-corrected chi connectivity index (χ4v) is 1.70. The zero-order valence-electron chi connectivity index (χ0n) is 7.75. The molecule has 0 saturated heterocycles. The molecule has 2 atom stereocenters. The number of rotatable bonds is 4. The maximum absolute atomic E-state index is 9.56. The standard InChI is InChI=1S/C9H19NO2/c1-12-7-6-10-8-4-2-3-5-9(8)11/h8-11H,2-7H2,1H3/t8-,9-/m1/s1. The highest BCUT2D eigenvalue weighted by Gasteiger charge is 2.21. The van der Waals surface area contributed by atoms with Gasteiger partial charge in [0.15, 0.2) is 0 Å². The lowest BCUT2D eigenvalue weighted by Crippen LogP contribution is -2.43. The number of hydrogen-bond acceptors (Lipinski definition) is 3. The van der Waals surface area contributed by atoms with Crippen LogP contribution in [0.1, 0.15) is 25.7 Å². The van der Waals surface area contributed by atoms with E-state index < -0.39 is 0 Å². The molecule has 0 aliphatic heterocycles. The minimum Gasteiger partial charge on any atom is -0.392 e. The lowest BCUT2D eigenvalue weighted by molar-refractivity contribution is 0.0857. The second-order valence-electron chi connectivity index (χ2n) is 3.41. The summed E-state index contributed by atoms with van der Waals surface area (Å²) >= 11 is 0. The Morgan fingerprint density at radius 2 is 2.17 bits per heavy atom. The van der Waals surface area contributed by atoms with Crippen molar-refractivity contribution in [1.29, 1.82) is 0 Å². The highest BCUT2D eigenvalue weighted by atomic mass is 16.5. The minimum absolute atomic E-state index is 0.143. The number of methoxy groups -OCH3 is 1. The molecule has 3 nitrogen and oxygen atoms in total. The Labute approximate surface area is 74.1 Å². The van der Waals surface area contributed by atoms with E-state index in [2.05, 4.69) is 5.32 Å². The van der Waals surface area contributed by atoms with Crippen LogP contribution in [0.15, 0.2) is 0 Å². The molecule has 1 aliphatic rings. The van der Waals surface area contributed by atoms with Crippen LogP contribution < -0.4 is 5.32 Å². The maximum atomic E-state index is 9.56. The summed E-state index contributed by atoms with van der Waals surface area (Å²) in [5.74, 6) is 0. The smallest absolute Gasteiger partial charge is 0.0693 e. The van der Waals surface area contributed by atoms with E-state index in [1.165, 1.54) is 12.8 Å². The Hall–Kier alpha value is -0.120. The van der Waals surface area contributed by atoms with Crippen LogP contribution in [0.3, 0.4) is 0 Å². The number of aliphatic hydroxyl groups is 1. The van der Waals surface area contributed by atoms with Crippen molar-refractivity contribution in [3.05, 3.63) is 0 Å². The van der Waals surface area contributed by atoms with E-state index in [9.17, 15) is 5.11 Å². The molecule has 1 saturated carbocycles. The molecule has 0 aromatic heterocycles. The van der Waals surface area contributed by atoms with E-state index in [-0.39, 0.29) is 6.10 Å². The molecule has 1 rings (SSSR count). The molecule has 0 bridgehead atoms. The zero-order valence-corrected chi connectivity index (χ0v) is 7.75. The van der Waals surface area contributed by atoms with E-state index in [0.717, 1.165) is 26.0 Å². The van der Waals surface area contributed by atoms with Crippen LogP contribution in [0.25, 0.3) is 0 Å². The predicted octanol–water partition coefficient (Wildman–Crippen LogP) is 0.526. The molecule has 0 radical (unpaired) electrons. The van der Waals surface area contributed by atoms with Gasteiger partial charge < -0.3 is 15.2 Å². The molecular weight excluding hydrogens is 154 g/mol. The summed E-state index contributed by atoms with van der Waals surface area (Å²) in [4.78, 5) is 0. The number of hydrogen-bond donors (Lipinski definition) is 2. The summed E-state index contributed by atoms with van der Waals surface area (Å²) in [6.45, 7) is 1.57. The van der Waals surface area contributed by atoms with E-state index in [4.69, 9.17) is 4.74 Å². The van der Waals surface area contributed by atoms with Gasteiger partial charge in [0.2, 0.25) is 0 Å². The molecule has 0 heterocycles. The van der Waals surface area contributed by atoms with Crippen molar-refractivity contribution in [2.45, 2.75) is 37.8 Å². The average Bonchev–Trinajstić information content (AvgIpc) is 2.09. The fourth-order valence-electron chi connectivity index (χ4n) is 1.70. The molecule has 3 heteroatoms. The molecular formula is C9H19NO2. The second-order valence-corrected chi connectivity index (χ2v) is 3.41. The maximum Gasteiger partial charge on any atom is 0.0693 e. The Bertz CT molecular complexity index is 119. The molecule has 1 fully saturated rings. The first-order chi connectivity index (χ1) is 5.84. The Morgan fingerprint density at radius 1 is 1.42 bits per heavy atom. The third-order valence-electron chi connectivity index (χ3n) is 2.44. The highest BCUT2D eigenvalue weighted by Crippen LogP contribution is 2.17. The van der Waals surface area contributed by atoms with Gasteiger partial charge in [-0.15, -0.1) is 0 Å². The van der Waals surface area contributed by atoms with Gasteiger partial charge in [-0.1, -0.05) is 12.8 Å². The number of aliphatic hydroxyl groups excluding tert-OH is 1. The van der Waals surface area contributed by atoms with E-state index in [1.54, 1.807) is 7.11 Å². The summed E-state index contributed by atoms with van der Waals surface area (Å²) in [7, 11) is 1.69. The van der Waals surface area contributed by atoms with Crippen LogP contribution in [0.5, 0.6) is 0 Å². The Morgan fingerprint density at radius 3 is 2.83 bits per heavy atom. The monoisotopic (exact) mass is 173 g/mol. The number of ether oxygens (including phenoxy) is 1. The fraction of sp³-hybridized carbons (Fsp3) is 1.00. The van der Waals surface area contributed by atoms with Crippen LogP contribution in [0, 0.1) is 0 Å². The first kappa shape index (κ1) is 9.96. The van der Waals surface area contributed by atoms with Gasteiger partial charge in [-0.3, -0.25) is 0 Å². The van der Waals surface area contributed by atoms with Crippen LogP contribution in [0.2, 0.25) is 0 Å². The van der Waals surface area contributed by atoms with E-state index in [1.807, 2.05) is 0 Å². The zero-order chi connectivity index (χ0) is 8.81. The van der Waals surface area contributed by atoms with Gasteiger partial charge in [-0.25, -0.2) is 0 Å². The molecule has 0 amide bonds. The Kier molecular flexibility index (Phi) is 4.58. The van der Waals surface area contributed by atoms with Crippen LogP contribution in [-0.4, -0.2) is 37.5 Å². The van der Waals surface area contributed by atoms with Gasteiger partial charge in [-0.05, 0) is 12.8 Å². The quantitative estimate of drug-likeness (QED) is 0.609. The van der Waals surface area contributed by atoms with Gasteiger partial charge in [0, 0.05) is 19.7 Å². The predicted molar refractivity (Wildman–Crippen MR) is 48.1 cm³/mol. The van der Waals surface area contributed by atoms with Crippen molar-refractivity contribution in [2.75, 3.05) is 20.3 Å². The average molecular weight is 173 g/mol. The van der Waals surface area contributed by atoms with Crippen LogP contribution in [0.4, 0.5) is 0 Å². The largest absolute Gasteiger partial charge is 0.392 e. The molecule has 0 aromatic carbocycles. The van der Waals surface area contributed by atoms with Crippen LogP contribution in [-0.2, 0) is 4.74 Å². The van der Waals surface area contributed by atoms with Gasteiger partial charge in [0.05, 0.1) is 12.7 Å². The lowest BCUT2D eigenvalue weighted by atomic mass is 9.93. The van der Waals surface area contributed by atoms with Gasteiger partial charge in [-0.2, -0.15) is 0 Å². The first-order valence-electron chi connectivity index (χ1n) is 4.75. The Balaban J connectivity index is 2.11. The van der Waals surface area contributed by atoms with Crippen molar-refractivity contribution in [3.63, 3.8) is 0 Å². The topological polar surface area (TPSA) is 41.5 Å². The first-order valence-corrected chi connectivity index (χ1v) is 4.75. The molecule has 0 spiro atoms. The molecule has 0 unspecified atom stereocenters. The second kappa shape index (κ2) is 5.51. The van der Waals surface area contributed by atoms with Crippen molar-refractivity contribution in [3.8, 4) is 0 Å². The molecule has 0 aromatic rings. The van der Waals surface area contributed by atoms with E-state index in [0.29, 0.717) is 6.04 Å². The molecule has 1 aliphatic carbocycles. The summed E-state index contributed by atoms with van der Waals surface area (Å²) in [5.41, 5.74) is 0. The number of nitrogens with one attached hydrogen (secondary N) is 1. The summed E-state index contributed by atoms with van der Waals surface area (Å²) in [5, 5.41) is 12.9. The normalized spacial score (nSPS) is 30.5. The third-order valence-corrected chi connectivity index (χ3v) is 2.44. The summed E-state index contributed by atoms with van der Waals surface area (Å²) in [6.07, 6.45) is 4.32. The van der Waals surface area contributed by atoms with Crippen LogP contribution >= 0.6 is 0 Å². The minimum atomic E-state index is -0.143. The van der Waals surface area contributed by atoms with Gasteiger partial charge in [0.25, 0.3) is 0 Å². The van der Waals surface area contributed by atoms with E-state index >= 15 is 0 Å². The van der Waals surface area contributed by atoms with Crippen molar-refractivity contribution in [1.82, 2.24) is 5.32 Å². The molecule has 2 N–H and O–H groups in total. The highest BCUT2D eigenvalue weighted by molar-refractivity contribution is 4.79. The van der Waals surface area contributed by atoms with Gasteiger partial charge >= 0.3 is 0 Å².